The Kier molecular flexibility index (Phi) is 5.16. The van der Waals surface area contributed by atoms with Crippen LogP contribution in [0.1, 0.15) is 89.1 Å². The van der Waals surface area contributed by atoms with Crippen LogP contribution in [-0.2, 0) is 4.74 Å². The van der Waals surface area contributed by atoms with Gasteiger partial charge in [-0.1, -0.05) is 19.3 Å². The minimum atomic E-state index is -0.424. The number of hydrogen-bond acceptors (Lipinski definition) is 3. The molecule has 1 aromatic rings. The van der Waals surface area contributed by atoms with Gasteiger partial charge in [-0.3, -0.25) is 0 Å². The number of ether oxygens (including phenoxy) is 1. The highest BCUT2D eigenvalue weighted by atomic mass is 16.6. The second kappa shape index (κ2) is 7.16. The van der Waals surface area contributed by atoms with Crippen LogP contribution in [0.15, 0.2) is 6.20 Å². The van der Waals surface area contributed by atoms with E-state index >= 15 is 0 Å². The fraction of sp³-hybridized carbons (Fsp3) is 0.789. The molecule has 0 spiro atoms. The summed E-state index contributed by atoms with van der Waals surface area (Å²) in [4.78, 5) is 22.2. The second-order valence-corrected chi connectivity index (χ2v) is 8.30. The van der Waals surface area contributed by atoms with E-state index in [9.17, 15) is 4.79 Å². The lowest BCUT2D eigenvalue weighted by molar-refractivity contribution is 0.0204. The zero-order valence-corrected chi connectivity index (χ0v) is 15.3. The topological polar surface area (TPSA) is 58.2 Å². The molecule has 1 aromatic heterocycles. The van der Waals surface area contributed by atoms with Crippen molar-refractivity contribution in [1.29, 1.82) is 0 Å². The molecule has 1 aliphatic heterocycles. The van der Waals surface area contributed by atoms with Crippen LogP contribution in [0.3, 0.4) is 0 Å². The molecule has 1 saturated heterocycles. The minimum absolute atomic E-state index is 0.187. The van der Waals surface area contributed by atoms with Crippen LogP contribution in [0.5, 0.6) is 0 Å². The lowest BCUT2D eigenvalue weighted by Gasteiger charge is -2.33. The number of rotatable bonds is 2. The molecule has 2 aliphatic rings. The molecule has 5 nitrogen and oxygen atoms in total. The molecule has 0 aromatic carbocycles. The fourth-order valence-corrected chi connectivity index (χ4v) is 3.84. The first-order valence-electron chi connectivity index (χ1n) is 9.45. The average molecular weight is 333 g/mol. The molecule has 3 rings (SSSR count). The van der Waals surface area contributed by atoms with Crippen LogP contribution < -0.4 is 0 Å². The lowest BCUT2D eigenvalue weighted by Crippen LogP contribution is -2.41. The smallest absolute Gasteiger partial charge is 0.410 e. The largest absolute Gasteiger partial charge is 0.444 e. The summed E-state index contributed by atoms with van der Waals surface area (Å²) < 4.78 is 5.47. The van der Waals surface area contributed by atoms with Crippen molar-refractivity contribution >= 4 is 6.09 Å². The number of carbonyl (C=O) groups excluding carboxylic acids is 1. The Labute approximate surface area is 145 Å². The third-order valence-corrected chi connectivity index (χ3v) is 5.19. The molecule has 24 heavy (non-hydrogen) atoms. The number of likely N-dealkylation sites (tertiary alicyclic amines) is 1. The van der Waals surface area contributed by atoms with E-state index in [-0.39, 0.29) is 6.09 Å². The van der Waals surface area contributed by atoms with E-state index in [1.54, 1.807) is 0 Å². The zero-order valence-electron chi connectivity index (χ0n) is 15.3. The van der Waals surface area contributed by atoms with Crippen molar-refractivity contribution in [3.63, 3.8) is 0 Å². The highest BCUT2D eigenvalue weighted by Crippen LogP contribution is 2.33. The summed E-state index contributed by atoms with van der Waals surface area (Å²) in [6.45, 7) is 7.26. The molecule has 0 unspecified atom stereocenters. The number of imidazole rings is 1. The van der Waals surface area contributed by atoms with Crippen molar-refractivity contribution in [3.8, 4) is 0 Å². The minimum Gasteiger partial charge on any atom is -0.444 e. The van der Waals surface area contributed by atoms with E-state index in [1.165, 1.54) is 43.6 Å². The number of hydrogen-bond donors (Lipinski definition) is 1. The second-order valence-electron chi connectivity index (χ2n) is 8.30. The van der Waals surface area contributed by atoms with Crippen molar-refractivity contribution in [2.45, 2.75) is 83.2 Å². The highest BCUT2D eigenvalue weighted by molar-refractivity contribution is 5.68. The summed E-state index contributed by atoms with van der Waals surface area (Å²) in [5.74, 6) is 2.28. The molecule has 1 aliphatic carbocycles. The monoisotopic (exact) mass is 333 g/mol. The van der Waals surface area contributed by atoms with Gasteiger partial charge in [-0.2, -0.15) is 0 Å². The van der Waals surface area contributed by atoms with Crippen LogP contribution in [-0.4, -0.2) is 39.7 Å². The number of aromatic amines is 1. The molecule has 5 heteroatoms. The summed E-state index contributed by atoms with van der Waals surface area (Å²) in [6, 6.07) is 0. The maximum absolute atomic E-state index is 12.2. The van der Waals surface area contributed by atoms with Gasteiger partial charge in [-0.15, -0.1) is 0 Å². The van der Waals surface area contributed by atoms with Crippen LogP contribution in [0.4, 0.5) is 4.79 Å². The predicted molar refractivity (Wildman–Crippen MR) is 94.2 cm³/mol. The van der Waals surface area contributed by atoms with Crippen molar-refractivity contribution < 1.29 is 9.53 Å². The molecule has 1 N–H and O–H groups in total. The fourth-order valence-electron chi connectivity index (χ4n) is 3.84. The van der Waals surface area contributed by atoms with Gasteiger partial charge in [0.2, 0.25) is 0 Å². The Morgan fingerprint density at radius 1 is 1.12 bits per heavy atom. The Bertz CT molecular complexity index is 547. The third kappa shape index (κ3) is 4.31. The van der Waals surface area contributed by atoms with Crippen molar-refractivity contribution in [2.24, 2.45) is 0 Å². The summed E-state index contributed by atoms with van der Waals surface area (Å²) in [7, 11) is 0. The predicted octanol–water partition coefficient (Wildman–Crippen LogP) is 4.57. The van der Waals surface area contributed by atoms with Gasteiger partial charge in [-0.25, -0.2) is 9.78 Å². The van der Waals surface area contributed by atoms with Gasteiger partial charge in [-0.05, 0) is 46.5 Å². The van der Waals surface area contributed by atoms with Gasteiger partial charge in [0, 0.05) is 36.8 Å². The summed E-state index contributed by atoms with van der Waals surface area (Å²) in [6.07, 6.45) is 10.4. The van der Waals surface area contributed by atoms with E-state index in [0.717, 1.165) is 25.9 Å². The first-order valence-corrected chi connectivity index (χ1v) is 9.45. The van der Waals surface area contributed by atoms with E-state index < -0.39 is 5.60 Å². The Balaban J connectivity index is 1.53. The Morgan fingerprint density at radius 3 is 2.42 bits per heavy atom. The van der Waals surface area contributed by atoms with Gasteiger partial charge >= 0.3 is 6.09 Å². The number of nitrogens with one attached hydrogen (secondary N) is 1. The first-order chi connectivity index (χ1) is 11.4. The molecular formula is C19H31N3O2. The molecule has 2 heterocycles. The van der Waals surface area contributed by atoms with Crippen LogP contribution in [0.2, 0.25) is 0 Å². The average Bonchev–Trinajstić information content (AvgIpc) is 3.04. The number of H-pyrrole nitrogens is 1. The maximum Gasteiger partial charge on any atom is 0.410 e. The van der Waals surface area contributed by atoms with Gasteiger partial charge in [0.05, 0.1) is 0 Å². The number of amides is 1. The molecule has 0 radical (unpaired) electrons. The molecule has 2 fully saturated rings. The number of piperidine rings is 1. The SMILES string of the molecule is CC(C)(C)OC(=O)N1CCC(c2cnc(C3CCCCC3)[nH]2)CC1. The van der Waals surface area contributed by atoms with Gasteiger partial charge < -0.3 is 14.6 Å². The summed E-state index contributed by atoms with van der Waals surface area (Å²) in [5, 5.41) is 0. The van der Waals surface area contributed by atoms with Crippen molar-refractivity contribution in [1.82, 2.24) is 14.9 Å². The molecule has 1 saturated carbocycles. The van der Waals surface area contributed by atoms with E-state index in [0.29, 0.717) is 11.8 Å². The standard InChI is InChI=1S/C19H31N3O2/c1-19(2,3)24-18(23)22-11-9-14(10-12-22)16-13-20-17(21-16)15-7-5-4-6-8-15/h13-15H,4-12H2,1-3H3,(H,20,21). The molecule has 134 valence electrons. The quantitative estimate of drug-likeness (QED) is 0.862. The van der Waals surface area contributed by atoms with E-state index in [2.05, 4.69) is 9.97 Å². The van der Waals surface area contributed by atoms with Crippen molar-refractivity contribution in [3.05, 3.63) is 17.7 Å². The maximum atomic E-state index is 12.2. The Morgan fingerprint density at radius 2 is 1.79 bits per heavy atom. The number of carbonyl (C=O) groups is 1. The third-order valence-electron chi connectivity index (χ3n) is 5.19. The van der Waals surface area contributed by atoms with Crippen molar-refractivity contribution in [2.75, 3.05) is 13.1 Å². The van der Waals surface area contributed by atoms with Crippen LogP contribution in [0.25, 0.3) is 0 Å². The normalized spacial score (nSPS) is 21.0. The number of aromatic nitrogens is 2. The highest BCUT2D eigenvalue weighted by Gasteiger charge is 2.28. The molecule has 0 atom stereocenters. The van der Waals surface area contributed by atoms with Gasteiger partial charge in [0.25, 0.3) is 0 Å². The lowest BCUT2D eigenvalue weighted by atomic mass is 9.89. The Hall–Kier alpha value is -1.52. The molecular weight excluding hydrogens is 302 g/mol. The summed E-state index contributed by atoms with van der Waals surface area (Å²) in [5.41, 5.74) is 0.825. The van der Waals surface area contributed by atoms with E-state index in [1.807, 2.05) is 31.9 Å². The van der Waals surface area contributed by atoms with Crippen LogP contribution >= 0.6 is 0 Å². The van der Waals surface area contributed by atoms with Gasteiger partial charge in [0.1, 0.15) is 11.4 Å². The van der Waals surface area contributed by atoms with E-state index in [4.69, 9.17) is 4.74 Å². The first kappa shape index (κ1) is 17.3. The van der Waals surface area contributed by atoms with Gasteiger partial charge in [0.15, 0.2) is 0 Å². The molecule has 1 amide bonds. The number of nitrogens with zero attached hydrogens (tertiary/aromatic N) is 2. The zero-order chi connectivity index (χ0) is 17.2. The summed E-state index contributed by atoms with van der Waals surface area (Å²) >= 11 is 0. The molecule has 0 bridgehead atoms. The van der Waals surface area contributed by atoms with Crippen LogP contribution in [0, 0.1) is 0 Å².